The lowest BCUT2D eigenvalue weighted by Gasteiger charge is -2.08. The Morgan fingerprint density at radius 3 is 2.64 bits per heavy atom. The molecule has 0 amide bonds. The molecule has 1 aromatic carbocycles. The van der Waals surface area contributed by atoms with E-state index in [2.05, 4.69) is 32.3 Å². The van der Waals surface area contributed by atoms with Crippen LogP contribution >= 0.6 is 15.9 Å². The lowest BCUT2D eigenvalue weighted by Crippen LogP contribution is -2.25. The van der Waals surface area contributed by atoms with Gasteiger partial charge in [0.1, 0.15) is 0 Å². The van der Waals surface area contributed by atoms with Crippen molar-refractivity contribution in [1.82, 2.24) is 4.57 Å². The lowest BCUT2D eigenvalue weighted by molar-refractivity contribution is 0.679. The number of hydrogen-bond donors (Lipinski definition) is 2. The summed E-state index contributed by atoms with van der Waals surface area (Å²) < 4.78 is 2.45. The molecule has 1 heterocycles. The Kier molecular flexibility index (Phi) is 5.38. The monoisotopic (exact) mass is 362 g/mol. The molecule has 2 aromatic rings. The van der Waals surface area contributed by atoms with Gasteiger partial charge in [-0.3, -0.25) is 9.79 Å². The van der Waals surface area contributed by atoms with Gasteiger partial charge in [-0.25, -0.2) is 0 Å². The van der Waals surface area contributed by atoms with Gasteiger partial charge in [0.05, 0.1) is 6.54 Å². The molecule has 0 aliphatic heterocycles. The summed E-state index contributed by atoms with van der Waals surface area (Å²) in [5.74, 6) is 0.341. The Morgan fingerprint density at radius 2 is 1.95 bits per heavy atom. The number of nitrogens with one attached hydrogen (secondary N) is 1. The van der Waals surface area contributed by atoms with Crippen molar-refractivity contribution >= 4 is 27.6 Å². The standard InChI is InChI=1S/C16H19BrN4O/c1-11-7-12(2)9-14(8-11)20-16(18)19-5-6-21-10-13(17)3-4-15(21)22/h3-4,7-10H,5-6H2,1-2H3,(H3,18,19,20). The average Bonchev–Trinajstić information content (AvgIpc) is 2.41. The van der Waals surface area contributed by atoms with Gasteiger partial charge in [0.25, 0.3) is 5.56 Å². The first-order valence-corrected chi connectivity index (χ1v) is 7.74. The summed E-state index contributed by atoms with van der Waals surface area (Å²) in [4.78, 5) is 15.9. The first-order valence-electron chi connectivity index (χ1n) is 6.95. The van der Waals surface area contributed by atoms with Gasteiger partial charge in [-0.15, -0.1) is 0 Å². The highest BCUT2D eigenvalue weighted by molar-refractivity contribution is 9.10. The molecule has 0 aliphatic carbocycles. The number of rotatable bonds is 4. The number of aromatic nitrogens is 1. The zero-order valence-corrected chi connectivity index (χ0v) is 14.2. The first-order chi connectivity index (χ1) is 10.4. The highest BCUT2D eigenvalue weighted by Crippen LogP contribution is 2.13. The Balaban J connectivity index is 1.98. The fraction of sp³-hybridized carbons (Fsp3) is 0.250. The minimum atomic E-state index is -0.0563. The molecule has 0 saturated carbocycles. The van der Waals surface area contributed by atoms with E-state index in [0.29, 0.717) is 19.0 Å². The number of nitrogens with zero attached hydrogens (tertiary/aromatic N) is 2. The van der Waals surface area contributed by atoms with Crippen LogP contribution in [0, 0.1) is 13.8 Å². The van der Waals surface area contributed by atoms with Crippen LogP contribution in [0.15, 0.2) is 50.8 Å². The van der Waals surface area contributed by atoms with E-state index in [4.69, 9.17) is 5.73 Å². The molecule has 3 N–H and O–H groups in total. The Morgan fingerprint density at radius 1 is 1.27 bits per heavy atom. The fourth-order valence-corrected chi connectivity index (χ4v) is 2.57. The van der Waals surface area contributed by atoms with Crippen LogP contribution in [0.4, 0.5) is 5.69 Å². The number of guanidine groups is 1. The Hall–Kier alpha value is -2.08. The Labute approximate surface area is 138 Å². The van der Waals surface area contributed by atoms with E-state index in [1.54, 1.807) is 16.8 Å². The zero-order valence-electron chi connectivity index (χ0n) is 12.6. The third-order valence-corrected chi connectivity index (χ3v) is 3.53. The number of pyridine rings is 1. The maximum absolute atomic E-state index is 11.7. The molecule has 0 unspecified atom stereocenters. The number of anilines is 1. The Bertz CT molecular complexity index is 732. The molecule has 1 aromatic heterocycles. The van der Waals surface area contributed by atoms with Crippen molar-refractivity contribution in [2.45, 2.75) is 20.4 Å². The molecule has 0 spiro atoms. The highest BCUT2D eigenvalue weighted by atomic mass is 79.9. The number of benzene rings is 1. The molecule has 6 heteroatoms. The van der Waals surface area contributed by atoms with Gasteiger partial charge < -0.3 is 15.6 Å². The van der Waals surface area contributed by atoms with Crippen LogP contribution in [0.5, 0.6) is 0 Å². The normalized spacial score (nSPS) is 11.5. The summed E-state index contributed by atoms with van der Waals surface area (Å²) in [6.07, 6.45) is 1.74. The second-order valence-corrected chi connectivity index (χ2v) is 6.06. The summed E-state index contributed by atoms with van der Waals surface area (Å²) >= 11 is 3.34. The maximum atomic E-state index is 11.7. The van der Waals surface area contributed by atoms with E-state index in [1.807, 2.05) is 26.0 Å². The fourth-order valence-electron chi connectivity index (χ4n) is 2.19. The average molecular weight is 363 g/mol. The summed E-state index contributed by atoms with van der Waals surface area (Å²) in [5.41, 5.74) is 9.07. The van der Waals surface area contributed by atoms with Crippen molar-refractivity contribution < 1.29 is 0 Å². The maximum Gasteiger partial charge on any atom is 0.250 e. The SMILES string of the molecule is Cc1cc(C)cc(NC(N)=NCCn2cc(Br)ccc2=O)c1. The molecular formula is C16H19BrN4O. The second-order valence-electron chi connectivity index (χ2n) is 5.15. The van der Waals surface area contributed by atoms with E-state index in [-0.39, 0.29) is 5.56 Å². The molecule has 5 nitrogen and oxygen atoms in total. The van der Waals surface area contributed by atoms with Gasteiger partial charge in [-0.2, -0.15) is 0 Å². The molecule has 22 heavy (non-hydrogen) atoms. The van der Waals surface area contributed by atoms with Crippen molar-refractivity contribution in [3.8, 4) is 0 Å². The van der Waals surface area contributed by atoms with Gasteiger partial charge in [0, 0.05) is 29.0 Å². The van der Waals surface area contributed by atoms with E-state index < -0.39 is 0 Å². The molecule has 116 valence electrons. The van der Waals surface area contributed by atoms with E-state index in [9.17, 15) is 4.79 Å². The largest absolute Gasteiger partial charge is 0.370 e. The summed E-state index contributed by atoms with van der Waals surface area (Å²) in [5, 5.41) is 3.07. The van der Waals surface area contributed by atoms with Crippen LogP contribution in [0.2, 0.25) is 0 Å². The van der Waals surface area contributed by atoms with Gasteiger partial charge in [-0.05, 0) is 59.1 Å². The summed E-state index contributed by atoms with van der Waals surface area (Å²) in [7, 11) is 0. The predicted octanol–water partition coefficient (Wildman–Crippen LogP) is 2.65. The van der Waals surface area contributed by atoms with Crippen LogP contribution in [0.25, 0.3) is 0 Å². The topological polar surface area (TPSA) is 72.4 Å². The van der Waals surface area contributed by atoms with E-state index >= 15 is 0 Å². The molecule has 0 fully saturated rings. The molecule has 0 atom stereocenters. The molecule has 0 bridgehead atoms. The van der Waals surface area contributed by atoms with Gasteiger partial charge in [-0.1, -0.05) is 6.07 Å². The summed E-state index contributed by atoms with van der Waals surface area (Å²) in [6, 6.07) is 9.35. The molecule has 2 rings (SSSR count). The summed E-state index contributed by atoms with van der Waals surface area (Å²) in [6.45, 7) is 4.98. The minimum Gasteiger partial charge on any atom is -0.370 e. The number of halogens is 1. The second kappa shape index (κ2) is 7.26. The lowest BCUT2D eigenvalue weighted by atomic mass is 10.1. The van der Waals surface area contributed by atoms with Crippen LogP contribution in [-0.4, -0.2) is 17.1 Å². The number of aliphatic imine (C=N–C) groups is 1. The molecule has 0 saturated heterocycles. The van der Waals surface area contributed by atoms with Crippen molar-refractivity contribution in [2.75, 3.05) is 11.9 Å². The third kappa shape index (κ3) is 4.73. The van der Waals surface area contributed by atoms with Crippen LogP contribution < -0.4 is 16.6 Å². The van der Waals surface area contributed by atoms with Crippen LogP contribution in [-0.2, 0) is 6.54 Å². The van der Waals surface area contributed by atoms with Crippen LogP contribution in [0.3, 0.4) is 0 Å². The van der Waals surface area contributed by atoms with Crippen molar-refractivity contribution in [1.29, 1.82) is 0 Å². The highest BCUT2D eigenvalue weighted by Gasteiger charge is 1.99. The predicted molar refractivity (Wildman–Crippen MR) is 94.4 cm³/mol. The van der Waals surface area contributed by atoms with Gasteiger partial charge in [0.15, 0.2) is 5.96 Å². The van der Waals surface area contributed by atoms with Crippen LogP contribution in [0.1, 0.15) is 11.1 Å². The minimum absolute atomic E-state index is 0.0563. The molecule has 0 radical (unpaired) electrons. The van der Waals surface area contributed by atoms with Gasteiger partial charge in [0.2, 0.25) is 0 Å². The molecular weight excluding hydrogens is 344 g/mol. The first kappa shape index (κ1) is 16.3. The zero-order chi connectivity index (χ0) is 16.1. The van der Waals surface area contributed by atoms with Crippen molar-refractivity contribution in [3.63, 3.8) is 0 Å². The third-order valence-electron chi connectivity index (χ3n) is 3.06. The quantitative estimate of drug-likeness (QED) is 0.648. The number of nitrogens with two attached hydrogens (primary N) is 1. The van der Waals surface area contributed by atoms with Crippen molar-refractivity contribution in [2.24, 2.45) is 10.7 Å². The number of hydrogen-bond acceptors (Lipinski definition) is 2. The number of aryl methyl sites for hydroxylation is 2. The smallest absolute Gasteiger partial charge is 0.250 e. The molecule has 0 aliphatic rings. The van der Waals surface area contributed by atoms with E-state index in [1.165, 1.54) is 6.07 Å². The van der Waals surface area contributed by atoms with Gasteiger partial charge >= 0.3 is 0 Å². The van der Waals surface area contributed by atoms with Crippen molar-refractivity contribution in [3.05, 3.63) is 62.5 Å². The van der Waals surface area contributed by atoms with E-state index in [0.717, 1.165) is 21.3 Å².